The fourth-order valence-electron chi connectivity index (χ4n) is 1.04. The predicted octanol–water partition coefficient (Wildman–Crippen LogP) is 1.07. The Morgan fingerprint density at radius 2 is 2.14 bits per heavy atom. The Balaban J connectivity index is 3.13. The number of rotatable bonds is 3. The molecule has 0 aromatic carbocycles. The van der Waals surface area contributed by atoms with E-state index in [1.54, 1.807) is 6.07 Å². The number of nitrogens with zero attached hydrogens (tertiary/aromatic N) is 3. The van der Waals surface area contributed by atoms with Gasteiger partial charge in [-0.3, -0.25) is 0 Å². The fraction of sp³-hybridized carbons (Fsp3) is 0.400. The van der Waals surface area contributed by atoms with E-state index in [0.717, 1.165) is 5.82 Å². The second kappa shape index (κ2) is 4.72. The van der Waals surface area contributed by atoms with E-state index in [9.17, 15) is 0 Å². The van der Waals surface area contributed by atoms with E-state index < -0.39 is 0 Å². The molecule has 0 saturated carbocycles. The Bertz CT molecular complexity index is 334. The maximum atomic E-state index is 9.00. The molecule has 0 fully saturated rings. The van der Waals surface area contributed by atoms with Crippen LogP contribution in [0.15, 0.2) is 12.1 Å². The van der Waals surface area contributed by atoms with E-state index in [0.29, 0.717) is 11.5 Å². The van der Waals surface area contributed by atoms with Gasteiger partial charge in [-0.05, 0) is 13.0 Å². The molecule has 0 atom stereocenters. The third-order valence-electron chi connectivity index (χ3n) is 1.72. The highest BCUT2D eigenvalue weighted by Crippen LogP contribution is 2.10. The van der Waals surface area contributed by atoms with Crippen molar-refractivity contribution >= 4 is 11.9 Å². The van der Waals surface area contributed by atoms with Gasteiger partial charge in [0.05, 0.1) is 12.3 Å². The molecule has 1 aromatic rings. The molecule has 0 spiro atoms. The third kappa shape index (κ3) is 2.53. The Labute approximate surface area is 83.9 Å². The monoisotopic (exact) mass is 193 g/mol. The molecule has 4 heteroatoms. The minimum Gasteiger partial charge on any atom is -0.390 e. The van der Waals surface area contributed by atoms with Gasteiger partial charge in [-0.1, -0.05) is 6.08 Å². The molecule has 4 nitrogen and oxygen atoms in total. The van der Waals surface area contributed by atoms with Crippen LogP contribution in [0.5, 0.6) is 0 Å². The smallest absolute Gasteiger partial charge is 0.154 e. The zero-order chi connectivity index (χ0) is 10.6. The molecular weight excluding hydrogens is 178 g/mol. The summed E-state index contributed by atoms with van der Waals surface area (Å²) in [6, 6.07) is 1.77. The van der Waals surface area contributed by atoms with Crippen molar-refractivity contribution in [1.29, 1.82) is 0 Å². The second-order valence-electron chi connectivity index (χ2n) is 3.13. The summed E-state index contributed by atoms with van der Waals surface area (Å²) in [6.45, 7) is 1.85. The van der Waals surface area contributed by atoms with Crippen molar-refractivity contribution in [1.82, 2.24) is 9.97 Å². The number of allylic oxidation sites excluding steroid dienone is 1. The first-order valence-corrected chi connectivity index (χ1v) is 4.46. The first-order valence-electron chi connectivity index (χ1n) is 4.46. The largest absolute Gasteiger partial charge is 0.390 e. The Morgan fingerprint density at radius 1 is 1.43 bits per heavy atom. The minimum absolute atomic E-state index is 0.0616. The molecule has 0 radical (unpaired) electrons. The van der Waals surface area contributed by atoms with Gasteiger partial charge >= 0.3 is 0 Å². The number of hydrogen-bond donors (Lipinski definition) is 1. The maximum absolute atomic E-state index is 9.00. The van der Waals surface area contributed by atoms with Gasteiger partial charge in [0.2, 0.25) is 0 Å². The van der Waals surface area contributed by atoms with E-state index in [4.69, 9.17) is 5.11 Å². The van der Waals surface area contributed by atoms with Crippen LogP contribution >= 0.6 is 0 Å². The molecule has 0 saturated heterocycles. The summed E-state index contributed by atoms with van der Waals surface area (Å²) in [4.78, 5) is 10.3. The lowest BCUT2D eigenvalue weighted by atomic mass is 10.3. The van der Waals surface area contributed by atoms with Crippen LogP contribution in [0.2, 0.25) is 0 Å². The van der Waals surface area contributed by atoms with Crippen LogP contribution in [0.1, 0.15) is 18.4 Å². The molecule has 1 rings (SSSR count). The zero-order valence-corrected chi connectivity index (χ0v) is 8.73. The summed E-state index contributed by atoms with van der Waals surface area (Å²) in [7, 11) is 3.81. The molecule has 0 bridgehead atoms. The van der Waals surface area contributed by atoms with E-state index in [-0.39, 0.29) is 6.61 Å². The van der Waals surface area contributed by atoms with Crippen LogP contribution in [0.3, 0.4) is 0 Å². The molecule has 0 amide bonds. The summed E-state index contributed by atoms with van der Waals surface area (Å²) in [5, 5.41) is 9.00. The average molecular weight is 193 g/mol. The highest BCUT2D eigenvalue weighted by Gasteiger charge is 2.02. The highest BCUT2D eigenvalue weighted by atomic mass is 16.3. The molecular formula is C10H15N3O. The molecule has 1 aromatic heterocycles. The fourth-order valence-corrected chi connectivity index (χ4v) is 1.04. The van der Waals surface area contributed by atoms with Gasteiger partial charge in [-0.15, -0.1) is 0 Å². The van der Waals surface area contributed by atoms with E-state index in [2.05, 4.69) is 9.97 Å². The maximum Gasteiger partial charge on any atom is 0.154 e. The van der Waals surface area contributed by atoms with Crippen LogP contribution < -0.4 is 4.90 Å². The lowest BCUT2D eigenvalue weighted by molar-refractivity contribution is 0.276. The Hall–Kier alpha value is -1.42. The zero-order valence-electron chi connectivity index (χ0n) is 8.73. The van der Waals surface area contributed by atoms with Crippen LogP contribution in [0, 0.1) is 0 Å². The standard InChI is InChI=1S/C10H15N3O/c1-4-5-9-11-8(7-14)6-10(12-9)13(2)3/h4-6,14H,7H2,1-3H3/b5-4+. The number of aliphatic hydroxyl groups excluding tert-OH is 1. The lowest BCUT2D eigenvalue weighted by Crippen LogP contribution is -2.12. The number of aliphatic hydroxyl groups is 1. The van der Waals surface area contributed by atoms with Crippen molar-refractivity contribution in [3.63, 3.8) is 0 Å². The van der Waals surface area contributed by atoms with Crippen molar-refractivity contribution in [3.8, 4) is 0 Å². The van der Waals surface area contributed by atoms with E-state index in [1.165, 1.54) is 0 Å². The predicted molar refractivity (Wildman–Crippen MR) is 57.0 cm³/mol. The van der Waals surface area contributed by atoms with Gasteiger partial charge in [0.15, 0.2) is 5.82 Å². The van der Waals surface area contributed by atoms with Gasteiger partial charge in [0.25, 0.3) is 0 Å². The molecule has 14 heavy (non-hydrogen) atoms. The van der Waals surface area contributed by atoms with Crippen molar-refractivity contribution in [2.24, 2.45) is 0 Å². The van der Waals surface area contributed by atoms with Crippen LogP contribution in [0.4, 0.5) is 5.82 Å². The van der Waals surface area contributed by atoms with Crippen molar-refractivity contribution < 1.29 is 5.11 Å². The highest BCUT2D eigenvalue weighted by molar-refractivity contribution is 5.46. The van der Waals surface area contributed by atoms with E-state index >= 15 is 0 Å². The first kappa shape index (κ1) is 10.7. The second-order valence-corrected chi connectivity index (χ2v) is 3.13. The van der Waals surface area contributed by atoms with Crippen LogP contribution in [0.25, 0.3) is 6.08 Å². The topological polar surface area (TPSA) is 49.3 Å². The molecule has 1 N–H and O–H groups in total. The molecule has 76 valence electrons. The van der Waals surface area contributed by atoms with E-state index in [1.807, 2.05) is 38.1 Å². The lowest BCUT2D eigenvalue weighted by Gasteiger charge is -2.12. The Morgan fingerprint density at radius 3 is 2.64 bits per heavy atom. The van der Waals surface area contributed by atoms with Gasteiger partial charge in [-0.25, -0.2) is 9.97 Å². The molecule has 0 aliphatic heterocycles. The van der Waals surface area contributed by atoms with Gasteiger partial charge in [0.1, 0.15) is 5.82 Å². The van der Waals surface area contributed by atoms with Gasteiger partial charge in [0, 0.05) is 20.2 Å². The summed E-state index contributed by atoms with van der Waals surface area (Å²) in [6.07, 6.45) is 3.68. The average Bonchev–Trinajstić information content (AvgIpc) is 2.17. The van der Waals surface area contributed by atoms with Crippen molar-refractivity contribution in [2.45, 2.75) is 13.5 Å². The summed E-state index contributed by atoms with van der Waals surface area (Å²) >= 11 is 0. The third-order valence-corrected chi connectivity index (χ3v) is 1.72. The number of hydrogen-bond acceptors (Lipinski definition) is 4. The molecule has 0 unspecified atom stereocenters. The first-order chi connectivity index (χ1) is 6.67. The van der Waals surface area contributed by atoms with Gasteiger partial charge < -0.3 is 10.0 Å². The van der Waals surface area contributed by atoms with Crippen LogP contribution in [-0.2, 0) is 6.61 Å². The normalized spacial score (nSPS) is 10.9. The summed E-state index contributed by atoms with van der Waals surface area (Å²) in [5.41, 5.74) is 0.636. The molecule has 0 aliphatic rings. The summed E-state index contributed by atoms with van der Waals surface area (Å²) < 4.78 is 0. The quantitative estimate of drug-likeness (QED) is 0.780. The molecule has 0 aliphatic carbocycles. The van der Waals surface area contributed by atoms with Gasteiger partial charge in [-0.2, -0.15) is 0 Å². The molecule has 1 heterocycles. The minimum atomic E-state index is -0.0616. The SMILES string of the molecule is C/C=C/c1nc(CO)cc(N(C)C)n1. The van der Waals surface area contributed by atoms with Crippen LogP contribution in [-0.4, -0.2) is 29.2 Å². The number of anilines is 1. The van der Waals surface area contributed by atoms with Crippen molar-refractivity contribution in [2.75, 3.05) is 19.0 Å². The van der Waals surface area contributed by atoms with Crippen molar-refractivity contribution in [3.05, 3.63) is 23.7 Å². The summed E-state index contributed by atoms with van der Waals surface area (Å²) in [5.74, 6) is 1.43. The number of aromatic nitrogens is 2. The Kier molecular flexibility index (Phi) is 3.59.